The zero-order valence-electron chi connectivity index (χ0n) is 13.6. The van der Waals surface area contributed by atoms with Crippen LogP contribution in [0.2, 0.25) is 10.0 Å². The normalized spacial score (nSPS) is 11.0. The van der Waals surface area contributed by atoms with Crippen LogP contribution in [0.5, 0.6) is 5.75 Å². The maximum Gasteiger partial charge on any atom is 0.148 e. The first-order valence-electron chi connectivity index (χ1n) is 7.77. The Kier molecular flexibility index (Phi) is 5.97. The number of aliphatic imine (C=N–C) groups is 1. The van der Waals surface area contributed by atoms with E-state index in [2.05, 4.69) is 4.99 Å². The number of halogens is 3. The van der Waals surface area contributed by atoms with Gasteiger partial charge in [-0.15, -0.1) is 0 Å². The van der Waals surface area contributed by atoms with Crippen molar-refractivity contribution in [1.82, 2.24) is 0 Å². The van der Waals surface area contributed by atoms with E-state index in [-0.39, 0.29) is 5.69 Å². The lowest BCUT2D eigenvalue weighted by molar-refractivity contribution is 0.306. The van der Waals surface area contributed by atoms with Crippen molar-refractivity contribution in [1.29, 1.82) is 0 Å². The van der Waals surface area contributed by atoms with Crippen LogP contribution in [0.3, 0.4) is 0 Å². The molecule has 3 aromatic rings. The summed E-state index contributed by atoms with van der Waals surface area (Å²) < 4.78 is 19.4. The third kappa shape index (κ3) is 4.87. The van der Waals surface area contributed by atoms with Crippen LogP contribution in [-0.2, 0) is 6.61 Å². The summed E-state index contributed by atoms with van der Waals surface area (Å²) in [6.45, 7) is 0.333. The Balaban J connectivity index is 1.63. The highest BCUT2D eigenvalue weighted by Crippen LogP contribution is 2.23. The zero-order valence-corrected chi connectivity index (χ0v) is 15.1. The van der Waals surface area contributed by atoms with E-state index in [0.29, 0.717) is 27.9 Å². The van der Waals surface area contributed by atoms with Gasteiger partial charge in [-0.05, 0) is 54.1 Å². The minimum absolute atomic E-state index is 0.233. The number of hydrogen-bond donors (Lipinski definition) is 0. The molecule has 0 N–H and O–H groups in total. The molecule has 128 valence electrons. The summed E-state index contributed by atoms with van der Waals surface area (Å²) >= 11 is 12.0. The van der Waals surface area contributed by atoms with Crippen LogP contribution in [-0.4, -0.2) is 14.1 Å². The topological polar surface area (TPSA) is 21.6 Å². The van der Waals surface area contributed by atoms with Gasteiger partial charge in [0.2, 0.25) is 0 Å². The number of nitrogens with zero attached hydrogens (tertiary/aromatic N) is 1. The molecule has 0 saturated heterocycles. The highest BCUT2D eigenvalue weighted by Gasteiger charge is 2.03. The molecule has 0 amide bonds. The van der Waals surface area contributed by atoms with Crippen LogP contribution in [0.25, 0.3) is 0 Å². The van der Waals surface area contributed by atoms with Crippen LogP contribution in [0.15, 0.2) is 65.7 Å². The lowest BCUT2D eigenvalue weighted by Gasteiger charge is -2.08. The van der Waals surface area contributed by atoms with Gasteiger partial charge in [-0.3, -0.25) is 4.99 Å². The van der Waals surface area contributed by atoms with Crippen molar-refractivity contribution in [3.63, 3.8) is 0 Å². The fourth-order valence-electron chi connectivity index (χ4n) is 2.22. The van der Waals surface area contributed by atoms with Crippen LogP contribution in [0.1, 0.15) is 11.1 Å². The second-order valence-electron chi connectivity index (χ2n) is 5.56. The van der Waals surface area contributed by atoms with Crippen molar-refractivity contribution in [3.05, 3.63) is 87.7 Å². The molecule has 0 aliphatic heterocycles. The van der Waals surface area contributed by atoms with Crippen molar-refractivity contribution in [2.75, 3.05) is 0 Å². The lowest BCUT2D eigenvalue weighted by atomic mass is 9.96. The molecular formula is C20H13BCl2FNO. The van der Waals surface area contributed by atoms with Crippen molar-refractivity contribution in [3.8, 4) is 5.75 Å². The van der Waals surface area contributed by atoms with Gasteiger partial charge in [-0.25, -0.2) is 4.39 Å². The first-order chi connectivity index (χ1) is 12.5. The predicted molar refractivity (Wildman–Crippen MR) is 106 cm³/mol. The van der Waals surface area contributed by atoms with Gasteiger partial charge in [0, 0.05) is 21.8 Å². The number of rotatable bonds is 5. The standard InChI is InChI=1S/C20H13BCl2FNO/c21-15-4-8-20(19(24)9-15)25-11-13-1-6-17(7-2-13)26-12-14-3-5-16(22)10-18(14)23/h1-11H,12H2. The Labute approximate surface area is 162 Å². The summed E-state index contributed by atoms with van der Waals surface area (Å²) in [6, 6.07) is 16.9. The molecular weight excluding hydrogens is 371 g/mol. The van der Waals surface area contributed by atoms with Crippen molar-refractivity contribution >= 4 is 48.4 Å². The van der Waals surface area contributed by atoms with Crippen LogP contribution in [0, 0.1) is 5.82 Å². The summed E-state index contributed by atoms with van der Waals surface area (Å²) in [5, 5.41) is 1.15. The third-order valence-corrected chi connectivity index (χ3v) is 4.20. The van der Waals surface area contributed by atoms with E-state index in [0.717, 1.165) is 11.1 Å². The Bertz CT molecular complexity index is 945. The molecule has 6 heteroatoms. The van der Waals surface area contributed by atoms with Crippen molar-refractivity contribution < 1.29 is 9.13 Å². The molecule has 2 radical (unpaired) electrons. The second-order valence-corrected chi connectivity index (χ2v) is 6.41. The zero-order chi connectivity index (χ0) is 18.5. The van der Waals surface area contributed by atoms with Gasteiger partial charge >= 0.3 is 0 Å². The number of hydrogen-bond acceptors (Lipinski definition) is 2. The largest absolute Gasteiger partial charge is 0.489 e. The summed E-state index contributed by atoms with van der Waals surface area (Å²) in [6.07, 6.45) is 1.58. The quantitative estimate of drug-likeness (QED) is 0.435. The molecule has 3 rings (SSSR count). The molecule has 0 spiro atoms. The van der Waals surface area contributed by atoms with Gasteiger partial charge < -0.3 is 4.74 Å². The predicted octanol–water partition coefficient (Wildman–Crippen LogP) is 5.26. The van der Waals surface area contributed by atoms with E-state index >= 15 is 0 Å². The average molecular weight is 384 g/mol. The van der Waals surface area contributed by atoms with Crippen molar-refractivity contribution in [2.24, 2.45) is 4.99 Å². The van der Waals surface area contributed by atoms with Gasteiger partial charge in [0.05, 0.1) is 5.69 Å². The monoisotopic (exact) mass is 383 g/mol. The molecule has 0 aromatic heterocycles. The molecule has 0 atom stereocenters. The average Bonchev–Trinajstić information content (AvgIpc) is 2.61. The van der Waals surface area contributed by atoms with E-state index < -0.39 is 5.82 Å². The van der Waals surface area contributed by atoms with Gasteiger partial charge in [-0.2, -0.15) is 0 Å². The molecule has 0 bridgehead atoms. The van der Waals surface area contributed by atoms with E-state index in [9.17, 15) is 4.39 Å². The minimum atomic E-state index is -0.457. The molecule has 0 aliphatic carbocycles. The molecule has 26 heavy (non-hydrogen) atoms. The first-order valence-corrected chi connectivity index (χ1v) is 8.53. The Morgan fingerprint density at radius 1 is 1.00 bits per heavy atom. The number of benzene rings is 3. The third-order valence-electron chi connectivity index (χ3n) is 3.61. The maximum atomic E-state index is 13.7. The van der Waals surface area contributed by atoms with E-state index in [4.69, 9.17) is 35.8 Å². The van der Waals surface area contributed by atoms with Gasteiger partial charge in [-0.1, -0.05) is 40.8 Å². The highest BCUT2D eigenvalue weighted by atomic mass is 35.5. The lowest BCUT2D eigenvalue weighted by Crippen LogP contribution is -2.01. The summed E-state index contributed by atoms with van der Waals surface area (Å²) in [5.74, 6) is 0.230. The van der Waals surface area contributed by atoms with E-state index in [1.54, 1.807) is 24.4 Å². The Morgan fingerprint density at radius 2 is 1.77 bits per heavy atom. The van der Waals surface area contributed by atoms with Gasteiger partial charge in [0.15, 0.2) is 0 Å². The first kappa shape index (κ1) is 18.5. The van der Waals surface area contributed by atoms with E-state index in [1.807, 2.05) is 30.3 Å². The fourth-order valence-corrected chi connectivity index (χ4v) is 2.68. The fraction of sp³-hybridized carbons (Fsp3) is 0.0500. The molecule has 0 aliphatic rings. The molecule has 0 fully saturated rings. The number of ether oxygens (including phenoxy) is 1. The van der Waals surface area contributed by atoms with Crippen LogP contribution >= 0.6 is 23.2 Å². The van der Waals surface area contributed by atoms with E-state index in [1.165, 1.54) is 12.1 Å². The van der Waals surface area contributed by atoms with Gasteiger partial charge in [0.1, 0.15) is 26.0 Å². The van der Waals surface area contributed by atoms with Crippen LogP contribution in [0.4, 0.5) is 10.1 Å². The molecule has 0 heterocycles. The van der Waals surface area contributed by atoms with Crippen molar-refractivity contribution in [2.45, 2.75) is 6.61 Å². The minimum Gasteiger partial charge on any atom is -0.489 e. The Hall–Kier alpha value is -2.30. The summed E-state index contributed by atoms with van der Waals surface area (Å²) in [5.41, 5.74) is 2.26. The smallest absolute Gasteiger partial charge is 0.148 e. The molecule has 0 unspecified atom stereocenters. The van der Waals surface area contributed by atoms with Gasteiger partial charge in [0.25, 0.3) is 0 Å². The SMILES string of the molecule is [B]c1ccc(N=Cc2ccc(OCc3ccc(Cl)cc3Cl)cc2)c(F)c1. The maximum absolute atomic E-state index is 13.7. The Morgan fingerprint density at radius 3 is 2.46 bits per heavy atom. The summed E-state index contributed by atoms with van der Waals surface area (Å²) in [4.78, 5) is 4.13. The highest BCUT2D eigenvalue weighted by molar-refractivity contribution is 6.35. The second kappa shape index (κ2) is 8.39. The summed E-state index contributed by atoms with van der Waals surface area (Å²) in [7, 11) is 5.52. The van der Waals surface area contributed by atoms with Crippen LogP contribution < -0.4 is 10.2 Å². The molecule has 0 saturated carbocycles. The molecule has 2 nitrogen and oxygen atoms in total. The molecule has 3 aromatic carbocycles.